The number of aromatic amines is 2. The van der Waals surface area contributed by atoms with E-state index in [2.05, 4.69) is 76.7 Å². The zero-order valence-electron chi connectivity index (χ0n) is 43.4. The molecule has 3 aliphatic rings. The van der Waals surface area contributed by atoms with Crippen molar-refractivity contribution in [2.75, 3.05) is 6.61 Å². The van der Waals surface area contributed by atoms with E-state index in [-0.39, 0.29) is 77.7 Å². The van der Waals surface area contributed by atoms with Crippen molar-refractivity contribution in [2.24, 2.45) is 21.1 Å². The van der Waals surface area contributed by atoms with Crippen molar-refractivity contribution in [1.29, 1.82) is 0 Å². The van der Waals surface area contributed by atoms with Crippen LogP contribution in [0.1, 0.15) is 50.5 Å². The molecule has 0 spiro atoms. The minimum absolute atomic E-state index is 0. The number of nitrogens with zero attached hydrogens (tertiary/aromatic N) is 5. The van der Waals surface area contributed by atoms with E-state index in [1.807, 2.05) is 102 Å². The van der Waals surface area contributed by atoms with Gasteiger partial charge in [-0.2, -0.15) is 0 Å². The zero-order valence-corrected chi connectivity index (χ0v) is 49.9. The number of ether oxygens (including phenoxy) is 6. The highest BCUT2D eigenvalue weighted by atomic mass is 127. The van der Waals surface area contributed by atoms with Crippen LogP contribution in [0.3, 0.4) is 0 Å². The van der Waals surface area contributed by atoms with Crippen LogP contribution in [0.2, 0.25) is 0 Å². The number of hydrogen-bond donors (Lipinski definition) is 2. The Morgan fingerprint density at radius 2 is 0.795 bits per heavy atom. The number of esters is 4. The van der Waals surface area contributed by atoms with Gasteiger partial charge in [0.15, 0.2) is 49.4 Å². The maximum absolute atomic E-state index is 12.6. The van der Waals surface area contributed by atoms with Crippen LogP contribution in [0, 0.1) is 0 Å². The van der Waals surface area contributed by atoms with E-state index in [1.165, 1.54) is 13.8 Å². The normalized spacial score (nSPS) is 17.1. The summed E-state index contributed by atoms with van der Waals surface area (Å²) in [6.07, 6.45) is 13.5. The highest BCUT2D eigenvalue weighted by Gasteiger charge is 2.53. The average Bonchev–Trinajstić information content (AvgIpc) is 4.32. The molecule has 10 rings (SSSR count). The molecule has 6 aromatic heterocycles. The second-order valence-corrected chi connectivity index (χ2v) is 18.5. The highest BCUT2D eigenvalue weighted by Crippen LogP contribution is 2.39. The lowest BCUT2D eigenvalue weighted by atomic mass is 9.98. The number of pyridine rings is 3. The molecule has 0 amide bonds. The first-order valence-electron chi connectivity index (χ1n) is 24.3. The van der Waals surface area contributed by atoms with Crippen molar-refractivity contribution >= 4 is 70.2 Å². The maximum Gasteiger partial charge on any atom is 0.303 e. The number of fused-ring (bicyclic) bond motifs is 8. The van der Waals surface area contributed by atoms with Crippen LogP contribution < -0.4 is 90.4 Å². The van der Waals surface area contributed by atoms with E-state index in [0.29, 0.717) is 5.69 Å². The van der Waals surface area contributed by atoms with Crippen LogP contribution in [-0.2, 0) is 64.0 Å². The molecule has 3 aliphatic heterocycles. The Hall–Kier alpha value is -6.90. The molecule has 78 heavy (non-hydrogen) atoms. The van der Waals surface area contributed by atoms with E-state index >= 15 is 0 Å². The second kappa shape index (κ2) is 25.3. The van der Waals surface area contributed by atoms with Gasteiger partial charge in [0.2, 0.25) is 12.4 Å². The van der Waals surface area contributed by atoms with Crippen molar-refractivity contribution in [3.8, 4) is 50.3 Å². The van der Waals surface area contributed by atoms with Crippen LogP contribution in [0.25, 0.3) is 90.9 Å². The van der Waals surface area contributed by atoms with Gasteiger partial charge in [-0.1, -0.05) is 12.1 Å². The number of carbonyl (C=O) groups excluding carboxylic acids is 4. The molecule has 2 N–H and O–H groups in total. The maximum atomic E-state index is 12.6. The molecule has 402 valence electrons. The first-order chi connectivity index (χ1) is 36.1. The van der Waals surface area contributed by atoms with Gasteiger partial charge in [-0.15, -0.1) is 0 Å². The number of benzene rings is 1. The minimum Gasteiger partial charge on any atom is -1.00 e. The summed E-state index contributed by atoms with van der Waals surface area (Å²) in [5.41, 5.74) is 13.5. The van der Waals surface area contributed by atoms with Crippen molar-refractivity contribution in [3.63, 3.8) is 0 Å². The molecule has 17 nitrogen and oxygen atoms in total. The number of rotatable bonds is 11. The first kappa shape index (κ1) is 58.8. The van der Waals surface area contributed by atoms with Gasteiger partial charge in [-0.25, -0.2) is 23.7 Å². The van der Waals surface area contributed by atoms with Crippen molar-refractivity contribution in [2.45, 2.75) is 58.4 Å². The Bertz CT molecular complexity index is 3580. The average molecular weight is 1390 g/mol. The van der Waals surface area contributed by atoms with Crippen LogP contribution in [0.4, 0.5) is 0 Å². The SMILES string of the molecule is CC(=O)OC[C@H]1O[C@@H](Oc2ccc(-c3c4nc(c(-c5cc[n+](C)cc5)c5ccc([nH]5)c(-c5cc[n+](C)cc5)c5nc(c(-c6cc[n+](C)cc6)c6ccc3[nH]6)C=C5)C=C4)cc2)[C@H](OC(C)=O)[C@@H](OC(C)=O)[C@@H]1OC(C)=O.[I-].[I-].[I-]. The minimum atomic E-state index is -1.43. The number of nitrogens with one attached hydrogen (secondary N) is 2. The number of hydrogen-bond acceptors (Lipinski definition) is 12. The molecule has 7 aromatic rings. The van der Waals surface area contributed by atoms with Gasteiger partial charge in [0.25, 0.3) is 0 Å². The van der Waals surface area contributed by atoms with E-state index in [9.17, 15) is 19.2 Å². The lowest BCUT2D eigenvalue weighted by Gasteiger charge is -2.43. The lowest BCUT2D eigenvalue weighted by molar-refractivity contribution is -0.671. The molecular weight excluding hydrogens is 1340 g/mol. The van der Waals surface area contributed by atoms with E-state index < -0.39 is 61.2 Å². The van der Waals surface area contributed by atoms with Crippen molar-refractivity contribution in [1.82, 2.24) is 19.9 Å². The molecule has 0 aliphatic carbocycles. The Kier molecular flexibility index (Phi) is 19.0. The Labute approximate surface area is 500 Å². The number of carbonyl (C=O) groups is 4. The predicted molar refractivity (Wildman–Crippen MR) is 277 cm³/mol. The van der Waals surface area contributed by atoms with Gasteiger partial charge < -0.3 is 110 Å². The van der Waals surface area contributed by atoms with Gasteiger partial charge in [0, 0.05) is 108 Å². The van der Waals surface area contributed by atoms with Gasteiger partial charge in [-0.3, -0.25) is 19.2 Å². The van der Waals surface area contributed by atoms with Crippen LogP contribution >= 0.6 is 0 Å². The van der Waals surface area contributed by atoms with E-state index in [1.54, 1.807) is 12.1 Å². The number of aryl methyl sites for hydroxylation is 3. The van der Waals surface area contributed by atoms with Crippen molar-refractivity contribution in [3.05, 3.63) is 145 Å². The monoisotopic (exact) mass is 1390 g/mol. The molecule has 9 heterocycles. The summed E-state index contributed by atoms with van der Waals surface area (Å²) in [7, 11) is 5.96. The van der Waals surface area contributed by atoms with E-state index in [0.717, 1.165) is 97.5 Å². The van der Waals surface area contributed by atoms with Gasteiger partial charge >= 0.3 is 23.9 Å². The largest absolute Gasteiger partial charge is 1.00 e. The molecule has 1 aromatic carbocycles. The quantitative estimate of drug-likeness (QED) is 0.0646. The molecule has 0 unspecified atom stereocenters. The molecule has 5 atom stereocenters. The third kappa shape index (κ3) is 12.8. The summed E-state index contributed by atoms with van der Waals surface area (Å²) in [5, 5.41) is 0. The highest BCUT2D eigenvalue weighted by molar-refractivity contribution is 5.99. The summed E-state index contributed by atoms with van der Waals surface area (Å²) in [6, 6.07) is 27.9. The zero-order chi connectivity index (χ0) is 52.5. The molecule has 20 heteroatoms. The van der Waals surface area contributed by atoms with Gasteiger partial charge in [-0.05, 0) is 83.0 Å². The number of H-pyrrole nitrogens is 2. The fourth-order valence-electron chi connectivity index (χ4n) is 9.54. The Balaban J connectivity index is 0.00000294. The fourth-order valence-corrected chi connectivity index (χ4v) is 9.54. The van der Waals surface area contributed by atoms with E-state index in [4.69, 9.17) is 38.4 Å². The Morgan fingerprint density at radius 3 is 1.14 bits per heavy atom. The summed E-state index contributed by atoms with van der Waals surface area (Å²) >= 11 is 0. The predicted octanol–water partition coefficient (Wildman–Crippen LogP) is -1.73. The Morgan fingerprint density at radius 1 is 0.462 bits per heavy atom. The smallest absolute Gasteiger partial charge is 0.303 e. The van der Waals surface area contributed by atoms with Gasteiger partial charge in [0.1, 0.15) is 39.6 Å². The second-order valence-electron chi connectivity index (χ2n) is 18.5. The summed E-state index contributed by atoms with van der Waals surface area (Å²) in [5.74, 6) is -2.59. The molecule has 0 saturated carbocycles. The third-order valence-corrected chi connectivity index (χ3v) is 12.9. The number of halogens is 3. The first-order valence-corrected chi connectivity index (χ1v) is 24.3. The topological polar surface area (TPSA) is 193 Å². The third-order valence-electron chi connectivity index (χ3n) is 12.9. The van der Waals surface area contributed by atoms with Crippen LogP contribution in [0.15, 0.2) is 122 Å². The molecule has 1 fully saturated rings. The number of aromatic nitrogens is 7. The standard InChI is InChI=1S/C58H53N7O10.3HI/c1-33(66)70-32-50-55(71-34(2)67)56(72-35(3)68)57(73-36(4)69)58(75-50)74-41-10-8-37(9-11-41)51-42-12-14-44(59-42)52(38-20-26-63(5)27-21-38)46-16-18-48(61-46)54(40-24-30-65(7)31-25-40)49-19-17-47(62-49)53(45-15-13-43(51)60-45)39-22-28-64(6)29-23-39;;;/h8-31,50,55-58H,32H2,1-7H3,(H,59,60,61,62);3*1H/q+2;;;/p-2/t50-,55-,56+,57-,58-;;;/m1.../s1. The summed E-state index contributed by atoms with van der Waals surface area (Å²) < 4.78 is 40.8. The molecular formula is C58H54I3N7O10. The summed E-state index contributed by atoms with van der Waals surface area (Å²) in [6.45, 7) is 4.31. The lowest BCUT2D eigenvalue weighted by Crippen LogP contribution is -3.00. The van der Waals surface area contributed by atoms with Crippen LogP contribution in [0.5, 0.6) is 5.75 Å². The van der Waals surface area contributed by atoms with Gasteiger partial charge in [0.05, 0.1) is 22.8 Å². The van der Waals surface area contributed by atoms with Crippen molar-refractivity contribution < 1.29 is 133 Å². The molecule has 1 saturated heterocycles. The molecule has 8 bridgehead atoms. The summed E-state index contributed by atoms with van der Waals surface area (Å²) in [4.78, 5) is 67.8. The molecule has 0 radical (unpaired) electrons. The fraction of sp³-hybridized carbons (Fsp3) is 0.224. The van der Waals surface area contributed by atoms with Crippen LogP contribution in [-0.4, -0.2) is 81.1 Å².